The number of rotatable bonds is 2. The van der Waals surface area contributed by atoms with Crippen molar-refractivity contribution in [3.8, 4) is 0 Å². The molecule has 1 amide bonds. The van der Waals surface area contributed by atoms with E-state index in [-0.39, 0.29) is 12.0 Å². The fraction of sp³-hybridized carbons (Fsp3) is 0.722. The van der Waals surface area contributed by atoms with Crippen LogP contribution >= 0.6 is 0 Å². The van der Waals surface area contributed by atoms with Crippen molar-refractivity contribution < 1.29 is 19.4 Å². The Morgan fingerprint density at radius 1 is 1.39 bits per heavy atom. The van der Waals surface area contributed by atoms with Gasteiger partial charge in [0.2, 0.25) is 5.91 Å². The van der Waals surface area contributed by atoms with E-state index >= 15 is 0 Å². The number of allylic oxidation sites excluding steroid dienone is 2. The normalized spacial score (nSPS) is 24.2. The van der Waals surface area contributed by atoms with Crippen LogP contribution in [0.4, 0.5) is 0 Å². The minimum Gasteiger partial charge on any atom is -0.387 e. The molecule has 1 atom stereocenters. The van der Waals surface area contributed by atoms with Gasteiger partial charge >= 0.3 is 0 Å². The first-order valence-corrected chi connectivity index (χ1v) is 8.38. The van der Waals surface area contributed by atoms with E-state index in [1.54, 1.807) is 7.11 Å². The first kappa shape index (κ1) is 21.8. The van der Waals surface area contributed by atoms with Crippen LogP contribution in [0.2, 0.25) is 0 Å². The molecule has 23 heavy (non-hydrogen) atoms. The van der Waals surface area contributed by atoms with Gasteiger partial charge in [-0.3, -0.25) is 4.79 Å². The maximum atomic E-state index is 9.82. The van der Waals surface area contributed by atoms with E-state index in [4.69, 9.17) is 14.6 Å². The zero-order valence-electron chi connectivity index (χ0n) is 14.8. The number of carbonyl (C=O) groups is 1. The number of hydrogen-bond donors (Lipinski definition) is 2. The summed E-state index contributed by atoms with van der Waals surface area (Å²) in [6, 6.07) is 0. The molecule has 0 saturated carbocycles. The van der Waals surface area contributed by atoms with Crippen LogP contribution in [0, 0.1) is 0 Å². The Morgan fingerprint density at radius 2 is 2.17 bits per heavy atom. The van der Waals surface area contributed by atoms with Gasteiger partial charge in [-0.05, 0) is 39.0 Å². The van der Waals surface area contributed by atoms with Gasteiger partial charge < -0.3 is 19.9 Å². The summed E-state index contributed by atoms with van der Waals surface area (Å²) in [7, 11) is 3.26. The first-order valence-electron chi connectivity index (χ1n) is 8.38. The summed E-state index contributed by atoms with van der Waals surface area (Å²) in [5.41, 5.74) is 1.33. The molecule has 1 heterocycles. The number of likely N-dealkylation sites (N-methyl/N-ethyl adjacent to an activating group) is 1. The maximum absolute atomic E-state index is 9.82. The van der Waals surface area contributed by atoms with Crippen molar-refractivity contribution >= 4 is 5.91 Å². The number of nitrogens with one attached hydrogen (secondary N) is 1. The van der Waals surface area contributed by atoms with Crippen LogP contribution in [0.15, 0.2) is 23.8 Å². The summed E-state index contributed by atoms with van der Waals surface area (Å²) in [5, 5.41) is 10.1. The van der Waals surface area contributed by atoms with Crippen molar-refractivity contribution in [3.05, 3.63) is 23.8 Å². The highest BCUT2D eigenvalue weighted by Gasteiger charge is 2.01. The van der Waals surface area contributed by atoms with Gasteiger partial charge in [-0.25, -0.2) is 0 Å². The Morgan fingerprint density at radius 3 is 2.78 bits per heavy atom. The highest BCUT2D eigenvalue weighted by molar-refractivity contribution is 5.76. The number of aliphatic hydroxyl groups excluding tert-OH is 1. The molecule has 0 aromatic carbocycles. The third kappa shape index (κ3) is 14.2. The van der Waals surface area contributed by atoms with E-state index in [9.17, 15) is 4.79 Å². The molecule has 0 saturated heterocycles. The molecule has 0 fully saturated rings. The highest BCUT2D eigenvalue weighted by Crippen LogP contribution is 2.09. The van der Waals surface area contributed by atoms with Gasteiger partial charge in [-0.15, -0.1) is 0 Å². The van der Waals surface area contributed by atoms with Crippen molar-refractivity contribution in [2.75, 3.05) is 34.0 Å². The topological polar surface area (TPSA) is 67.8 Å². The molecule has 0 aliphatic carbocycles. The maximum Gasteiger partial charge on any atom is 0.245 e. The fourth-order valence-electron chi connectivity index (χ4n) is 2.05. The lowest BCUT2D eigenvalue weighted by atomic mass is 10.1. The van der Waals surface area contributed by atoms with E-state index in [1.165, 1.54) is 31.9 Å². The Kier molecular flexibility index (Phi) is 14.9. The van der Waals surface area contributed by atoms with Gasteiger partial charge in [-0.2, -0.15) is 0 Å². The monoisotopic (exact) mass is 327 g/mol. The van der Waals surface area contributed by atoms with E-state index in [0.29, 0.717) is 0 Å². The number of carbonyl (C=O) groups excluding carboxylic acids is 1. The van der Waals surface area contributed by atoms with Gasteiger partial charge in [0.25, 0.3) is 0 Å². The molecular formula is C18H33NO4. The summed E-state index contributed by atoms with van der Waals surface area (Å²) >= 11 is 0. The Balaban J connectivity index is 0.000000688. The molecule has 134 valence electrons. The van der Waals surface area contributed by atoms with E-state index < -0.39 is 6.61 Å². The molecule has 0 bridgehead atoms. The lowest BCUT2D eigenvalue weighted by Crippen LogP contribution is -2.20. The molecular weight excluding hydrogens is 294 g/mol. The van der Waals surface area contributed by atoms with E-state index in [1.807, 2.05) is 0 Å². The summed E-state index contributed by atoms with van der Waals surface area (Å²) in [6.07, 6.45) is 14.0. The lowest BCUT2D eigenvalue weighted by molar-refractivity contribution is -0.123. The molecule has 1 unspecified atom stereocenters. The van der Waals surface area contributed by atoms with Gasteiger partial charge in [0.1, 0.15) is 6.61 Å². The number of methoxy groups -OCH3 is 1. The molecule has 1 rings (SSSR count). The van der Waals surface area contributed by atoms with Gasteiger partial charge in [0.15, 0.2) is 0 Å². The van der Waals surface area contributed by atoms with Gasteiger partial charge in [0, 0.05) is 20.8 Å². The smallest absolute Gasteiger partial charge is 0.245 e. The Hall–Kier alpha value is -1.17. The van der Waals surface area contributed by atoms with Crippen molar-refractivity contribution in [3.63, 3.8) is 0 Å². The lowest BCUT2D eigenvalue weighted by Gasteiger charge is -2.10. The zero-order valence-corrected chi connectivity index (χ0v) is 14.8. The van der Waals surface area contributed by atoms with Crippen molar-refractivity contribution in [1.82, 2.24) is 5.32 Å². The van der Waals surface area contributed by atoms with Gasteiger partial charge in [0.05, 0.1) is 12.7 Å². The number of aliphatic hydroxyl groups is 1. The van der Waals surface area contributed by atoms with Crippen LogP contribution in [-0.4, -0.2) is 51.1 Å². The van der Waals surface area contributed by atoms with Crippen LogP contribution < -0.4 is 5.32 Å². The Labute approximate surface area is 140 Å². The molecule has 2 N–H and O–H groups in total. The second-order valence-electron chi connectivity index (χ2n) is 5.56. The second kappa shape index (κ2) is 15.7. The van der Waals surface area contributed by atoms with E-state index in [2.05, 4.69) is 30.5 Å². The first-order chi connectivity index (χ1) is 11.1. The summed E-state index contributed by atoms with van der Waals surface area (Å²) in [6.45, 7) is 3.41. The predicted octanol–water partition coefficient (Wildman–Crippen LogP) is 2.60. The summed E-state index contributed by atoms with van der Waals surface area (Å²) < 4.78 is 11.1. The molecule has 0 radical (unpaired) electrons. The molecule has 0 spiro atoms. The van der Waals surface area contributed by atoms with Crippen LogP contribution in [0.3, 0.4) is 0 Å². The van der Waals surface area contributed by atoms with Crippen LogP contribution in [0.1, 0.15) is 45.4 Å². The number of amides is 1. The second-order valence-corrected chi connectivity index (χ2v) is 5.56. The van der Waals surface area contributed by atoms with Crippen LogP contribution in [0.25, 0.3) is 0 Å². The average molecular weight is 327 g/mol. The van der Waals surface area contributed by atoms with E-state index in [0.717, 1.165) is 32.5 Å². The minimum absolute atomic E-state index is 0.267. The molecule has 5 heteroatoms. The van der Waals surface area contributed by atoms with Crippen molar-refractivity contribution in [2.24, 2.45) is 0 Å². The highest BCUT2D eigenvalue weighted by atomic mass is 16.5. The minimum atomic E-state index is -0.420. The SMILES string of the molecule is CNC(=O)CO.COC1/C=C/CCCCCOC/C(C)=C\CC1. The van der Waals surface area contributed by atoms with Crippen LogP contribution in [0.5, 0.6) is 0 Å². The third-order valence-electron chi connectivity index (χ3n) is 3.51. The number of ether oxygens (including phenoxy) is 2. The average Bonchev–Trinajstić information content (AvgIpc) is 2.58. The molecule has 0 aromatic rings. The molecule has 1 aliphatic rings. The molecule has 5 nitrogen and oxygen atoms in total. The summed E-state index contributed by atoms with van der Waals surface area (Å²) in [5.74, 6) is -0.352. The predicted molar refractivity (Wildman–Crippen MR) is 93.4 cm³/mol. The molecule has 0 aromatic heterocycles. The largest absolute Gasteiger partial charge is 0.387 e. The van der Waals surface area contributed by atoms with Gasteiger partial charge in [-0.1, -0.05) is 30.2 Å². The quantitative estimate of drug-likeness (QED) is 0.765. The van der Waals surface area contributed by atoms with Crippen LogP contribution in [-0.2, 0) is 14.3 Å². The Bertz CT molecular complexity index is 347. The van der Waals surface area contributed by atoms with Crippen molar-refractivity contribution in [1.29, 1.82) is 0 Å². The fourth-order valence-corrected chi connectivity index (χ4v) is 2.05. The standard InChI is InChI=1S/C15H26O2.C3H7NO2/c1-14-9-8-11-15(16-2)10-6-4-3-5-7-12-17-13-14;1-4-3(6)2-5/h6,9-10,15H,3-5,7-8,11-13H2,1-2H3;5H,2H2,1H3,(H,4,6)/b10-6+,14-9-;. The zero-order chi connectivity index (χ0) is 17.3. The number of hydrogen-bond acceptors (Lipinski definition) is 4. The molecule has 1 aliphatic heterocycles. The summed E-state index contributed by atoms with van der Waals surface area (Å²) in [4.78, 5) is 9.82. The third-order valence-corrected chi connectivity index (χ3v) is 3.51. The van der Waals surface area contributed by atoms with Crippen molar-refractivity contribution in [2.45, 2.75) is 51.6 Å².